The largest absolute Gasteiger partial charge is 0.0763 e. The fourth-order valence-electron chi connectivity index (χ4n) is 3.76. The summed E-state index contributed by atoms with van der Waals surface area (Å²) in [6.07, 6.45) is 5.85. The summed E-state index contributed by atoms with van der Waals surface area (Å²) >= 11 is 0. The third-order valence-corrected chi connectivity index (χ3v) is 7.76. The summed E-state index contributed by atoms with van der Waals surface area (Å²) < 4.78 is 0. The molecular formula is C27H27P. The van der Waals surface area contributed by atoms with Gasteiger partial charge < -0.3 is 0 Å². The summed E-state index contributed by atoms with van der Waals surface area (Å²) in [7, 11) is -0.589. The van der Waals surface area contributed by atoms with Crippen LogP contribution in [-0.2, 0) is 0 Å². The minimum absolute atomic E-state index is 0.195. The van der Waals surface area contributed by atoms with Gasteiger partial charge in [0.2, 0.25) is 0 Å². The van der Waals surface area contributed by atoms with Gasteiger partial charge in [-0.2, -0.15) is 0 Å². The number of allylic oxidation sites excluding steroid dienone is 4. The third kappa shape index (κ3) is 3.89. The first-order valence-electron chi connectivity index (χ1n) is 9.95. The van der Waals surface area contributed by atoms with Crippen LogP contribution in [0.15, 0.2) is 103 Å². The van der Waals surface area contributed by atoms with E-state index in [9.17, 15) is 0 Å². The average Bonchev–Trinajstić information content (AvgIpc) is 3.21. The van der Waals surface area contributed by atoms with E-state index in [1.807, 2.05) is 0 Å². The predicted octanol–water partition coefficient (Wildman–Crippen LogP) is 6.20. The Labute approximate surface area is 170 Å². The average molecular weight is 382 g/mol. The van der Waals surface area contributed by atoms with Crippen molar-refractivity contribution < 1.29 is 0 Å². The van der Waals surface area contributed by atoms with Crippen molar-refractivity contribution in [1.29, 1.82) is 0 Å². The first-order valence-corrected chi connectivity index (χ1v) is 11.3. The molecule has 1 aliphatic carbocycles. The summed E-state index contributed by atoms with van der Waals surface area (Å²) in [5, 5.41) is 4.25. The van der Waals surface area contributed by atoms with E-state index in [2.05, 4.69) is 118 Å². The van der Waals surface area contributed by atoms with Gasteiger partial charge in [-0.25, -0.2) is 0 Å². The maximum atomic E-state index is 2.42. The van der Waals surface area contributed by atoms with Gasteiger partial charge in [-0.3, -0.25) is 0 Å². The molecule has 0 atom stereocenters. The number of benzene rings is 3. The van der Waals surface area contributed by atoms with E-state index >= 15 is 0 Å². The van der Waals surface area contributed by atoms with Crippen LogP contribution in [0.3, 0.4) is 0 Å². The summed E-state index contributed by atoms with van der Waals surface area (Å²) in [6, 6.07) is 30.9. The SMILES string of the molecule is CC(C)(C)C1=CCC(c2ccccc2P(c2ccccc2)c2ccccc2)=C1. The first kappa shape index (κ1) is 18.9. The predicted molar refractivity (Wildman–Crippen MR) is 125 cm³/mol. The summed E-state index contributed by atoms with van der Waals surface area (Å²) in [4.78, 5) is 0. The van der Waals surface area contributed by atoms with Gasteiger partial charge in [0.1, 0.15) is 0 Å². The molecule has 0 spiro atoms. The van der Waals surface area contributed by atoms with Gasteiger partial charge in [0.05, 0.1) is 0 Å². The van der Waals surface area contributed by atoms with E-state index in [4.69, 9.17) is 0 Å². The molecule has 0 aromatic heterocycles. The Bertz CT molecular complexity index is 965. The molecule has 0 saturated heterocycles. The molecule has 0 aliphatic heterocycles. The van der Waals surface area contributed by atoms with Crippen molar-refractivity contribution in [2.45, 2.75) is 27.2 Å². The number of hydrogen-bond acceptors (Lipinski definition) is 0. The fourth-order valence-corrected chi connectivity index (χ4v) is 6.25. The van der Waals surface area contributed by atoms with Gasteiger partial charge in [-0.05, 0) is 52.4 Å². The van der Waals surface area contributed by atoms with Crippen molar-refractivity contribution in [1.82, 2.24) is 0 Å². The molecule has 4 rings (SSSR count). The quantitative estimate of drug-likeness (QED) is 0.471. The molecule has 0 radical (unpaired) electrons. The van der Waals surface area contributed by atoms with Crippen LogP contribution in [0.1, 0.15) is 32.8 Å². The number of rotatable bonds is 4. The highest BCUT2D eigenvalue weighted by molar-refractivity contribution is 7.80. The smallest absolute Gasteiger partial charge is 0.00758 e. The summed E-state index contributed by atoms with van der Waals surface area (Å²) in [5.74, 6) is 0. The van der Waals surface area contributed by atoms with E-state index < -0.39 is 7.92 Å². The Balaban J connectivity index is 1.84. The molecule has 28 heavy (non-hydrogen) atoms. The molecule has 0 N–H and O–H groups in total. The van der Waals surface area contributed by atoms with Gasteiger partial charge in [0.25, 0.3) is 0 Å². The molecule has 3 aromatic carbocycles. The lowest BCUT2D eigenvalue weighted by molar-refractivity contribution is 0.518. The van der Waals surface area contributed by atoms with Crippen LogP contribution < -0.4 is 15.9 Å². The first-order chi connectivity index (χ1) is 13.5. The van der Waals surface area contributed by atoms with Crippen molar-refractivity contribution in [2.75, 3.05) is 0 Å². The topological polar surface area (TPSA) is 0 Å². The fraction of sp³-hybridized carbons (Fsp3) is 0.185. The molecule has 0 bridgehead atoms. The molecule has 0 saturated carbocycles. The maximum Gasteiger partial charge on any atom is -0.00758 e. The van der Waals surface area contributed by atoms with Gasteiger partial charge in [0.15, 0.2) is 0 Å². The Morgan fingerprint density at radius 1 is 0.679 bits per heavy atom. The highest BCUT2D eigenvalue weighted by Gasteiger charge is 2.24. The molecular weight excluding hydrogens is 355 g/mol. The van der Waals surface area contributed by atoms with E-state index in [0.717, 1.165) is 6.42 Å². The van der Waals surface area contributed by atoms with Gasteiger partial charge >= 0.3 is 0 Å². The Kier molecular flexibility index (Phi) is 5.33. The van der Waals surface area contributed by atoms with Crippen LogP contribution in [0.4, 0.5) is 0 Å². The zero-order valence-corrected chi connectivity index (χ0v) is 17.8. The standard InChI is InChI=1S/C27H27P/c1-27(2,3)22-19-18-21(20-22)25-16-10-11-17-26(25)28(23-12-6-4-7-13-23)24-14-8-5-9-15-24/h4-17,19-20H,18H2,1-3H3. The lowest BCUT2D eigenvalue weighted by Gasteiger charge is -2.23. The van der Waals surface area contributed by atoms with Crippen molar-refractivity contribution in [3.05, 3.63) is 108 Å². The van der Waals surface area contributed by atoms with E-state index in [1.165, 1.54) is 32.6 Å². The van der Waals surface area contributed by atoms with Crippen LogP contribution >= 0.6 is 7.92 Å². The van der Waals surface area contributed by atoms with Crippen molar-refractivity contribution in [3.63, 3.8) is 0 Å². The zero-order chi connectivity index (χ0) is 19.6. The summed E-state index contributed by atoms with van der Waals surface area (Å²) in [5.41, 5.74) is 4.48. The van der Waals surface area contributed by atoms with Crippen molar-refractivity contribution in [3.8, 4) is 0 Å². The molecule has 1 heteroatoms. The van der Waals surface area contributed by atoms with Crippen molar-refractivity contribution >= 4 is 29.4 Å². The second-order valence-electron chi connectivity index (χ2n) is 8.31. The van der Waals surface area contributed by atoms with Gasteiger partial charge in [0, 0.05) is 0 Å². The summed E-state index contributed by atoms with van der Waals surface area (Å²) in [6.45, 7) is 6.89. The molecule has 0 nitrogen and oxygen atoms in total. The molecule has 0 heterocycles. The minimum atomic E-state index is -0.589. The molecule has 0 amide bonds. The van der Waals surface area contributed by atoms with E-state index in [-0.39, 0.29) is 5.41 Å². The molecule has 0 fully saturated rings. The van der Waals surface area contributed by atoms with Gasteiger partial charge in [-0.1, -0.05) is 118 Å². The lowest BCUT2D eigenvalue weighted by atomic mass is 9.87. The Morgan fingerprint density at radius 2 is 1.21 bits per heavy atom. The number of hydrogen-bond donors (Lipinski definition) is 0. The van der Waals surface area contributed by atoms with Crippen LogP contribution in [0, 0.1) is 5.41 Å². The third-order valence-electron chi connectivity index (χ3n) is 5.26. The second kappa shape index (κ2) is 7.90. The van der Waals surface area contributed by atoms with Crippen LogP contribution in [0.25, 0.3) is 5.57 Å². The van der Waals surface area contributed by atoms with E-state index in [0.29, 0.717) is 0 Å². The normalized spacial score (nSPS) is 14.1. The molecule has 3 aromatic rings. The van der Waals surface area contributed by atoms with Crippen LogP contribution in [-0.4, -0.2) is 0 Å². The Hall–Kier alpha value is -2.43. The molecule has 140 valence electrons. The van der Waals surface area contributed by atoms with E-state index in [1.54, 1.807) is 0 Å². The highest BCUT2D eigenvalue weighted by Crippen LogP contribution is 2.40. The minimum Gasteiger partial charge on any atom is -0.0763 e. The molecule has 0 unspecified atom stereocenters. The van der Waals surface area contributed by atoms with Crippen molar-refractivity contribution in [2.24, 2.45) is 5.41 Å². The van der Waals surface area contributed by atoms with Crippen LogP contribution in [0.5, 0.6) is 0 Å². The maximum absolute atomic E-state index is 2.42. The molecule has 1 aliphatic rings. The Morgan fingerprint density at radius 3 is 1.75 bits per heavy atom. The zero-order valence-electron chi connectivity index (χ0n) is 16.9. The lowest BCUT2D eigenvalue weighted by Crippen LogP contribution is -2.23. The monoisotopic (exact) mass is 382 g/mol. The van der Waals surface area contributed by atoms with Gasteiger partial charge in [-0.15, -0.1) is 0 Å². The van der Waals surface area contributed by atoms with Crippen LogP contribution in [0.2, 0.25) is 0 Å². The second-order valence-corrected chi connectivity index (χ2v) is 10.5. The highest BCUT2D eigenvalue weighted by atomic mass is 31.1.